The van der Waals surface area contributed by atoms with Gasteiger partial charge in [0.05, 0.1) is 11.9 Å². The van der Waals surface area contributed by atoms with E-state index in [0.29, 0.717) is 5.69 Å². The minimum Gasteiger partial charge on any atom is -0.505 e. The van der Waals surface area contributed by atoms with Crippen LogP contribution in [-0.4, -0.2) is 14.9 Å². The second-order valence-electron chi connectivity index (χ2n) is 3.10. The molecule has 14 heavy (non-hydrogen) atoms. The van der Waals surface area contributed by atoms with Crippen molar-refractivity contribution in [3.05, 3.63) is 42.0 Å². The van der Waals surface area contributed by atoms with E-state index in [1.807, 2.05) is 6.92 Å². The Balaban J connectivity index is 2.47. The van der Waals surface area contributed by atoms with Crippen LogP contribution in [0.2, 0.25) is 0 Å². The number of phenols is 1. The summed E-state index contributed by atoms with van der Waals surface area (Å²) in [5, 5.41) is 13.0. The van der Waals surface area contributed by atoms with Gasteiger partial charge in [0, 0.05) is 12.3 Å². The van der Waals surface area contributed by atoms with Crippen LogP contribution >= 0.6 is 0 Å². The quantitative estimate of drug-likeness (QED) is 0.750. The first-order chi connectivity index (χ1) is 6.66. The van der Waals surface area contributed by atoms with Gasteiger partial charge in [-0.1, -0.05) is 0 Å². The first kappa shape index (κ1) is 8.74. The lowest BCUT2D eigenvalue weighted by Gasteiger charge is -2.01. The second kappa shape index (κ2) is 3.14. The highest BCUT2D eigenvalue weighted by molar-refractivity contribution is 5.37. The van der Waals surface area contributed by atoms with Gasteiger partial charge in [-0.05, 0) is 24.6 Å². The number of nitrogens with zero attached hydrogens (tertiary/aromatic N) is 2. The number of aryl methyl sites for hydroxylation is 1. The largest absolute Gasteiger partial charge is 0.505 e. The van der Waals surface area contributed by atoms with Gasteiger partial charge in [0.1, 0.15) is 0 Å². The van der Waals surface area contributed by atoms with Crippen LogP contribution in [0.4, 0.5) is 4.39 Å². The first-order valence-electron chi connectivity index (χ1n) is 4.17. The Morgan fingerprint density at radius 2 is 2.21 bits per heavy atom. The maximum atomic E-state index is 13.0. The standard InChI is InChI=1S/C10H9FN2O/c1-7-5-12-13(6-7)8-2-3-10(14)9(11)4-8/h2-6,14H,1H3. The van der Waals surface area contributed by atoms with Crippen molar-refractivity contribution in [2.75, 3.05) is 0 Å². The van der Waals surface area contributed by atoms with Crippen LogP contribution in [0.5, 0.6) is 5.75 Å². The third-order valence-corrected chi connectivity index (χ3v) is 1.91. The Morgan fingerprint density at radius 3 is 2.79 bits per heavy atom. The molecule has 0 radical (unpaired) electrons. The first-order valence-corrected chi connectivity index (χ1v) is 4.17. The number of hydrogen-bond donors (Lipinski definition) is 1. The lowest BCUT2D eigenvalue weighted by Crippen LogP contribution is -1.94. The Kier molecular flexibility index (Phi) is 1.96. The Hall–Kier alpha value is -1.84. The van der Waals surface area contributed by atoms with E-state index in [1.165, 1.54) is 12.1 Å². The fourth-order valence-corrected chi connectivity index (χ4v) is 1.19. The molecule has 2 rings (SSSR count). The van der Waals surface area contributed by atoms with Gasteiger partial charge in [-0.3, -0.25) is 0 Å². The second-order valence-corrected chi connectivity index (χ2v) is 3.10. The highest BCUT2D eigenvalue weighted by Crippen LogP contribution is 2.18. The smallest absolute Gasteiger partial charge is 0.166 e. The van der Waals surface area contributed by atoms with E-state index in [0.717, 1.165) is 5.56 Å². The molecule has 1 N–H and O–H groups in total. The van der Waals surface area contributed by atoms with Gasteiger partial charge in [-0.15, -0.1) is 0 Å². The lowest BCUT2D eigenvalue weighted by atomic mass is 10.3. The van der Waals surface area contributed by atoms with Crippen molar-refractivity contribution >= 4 is 0 Å². The Bertz CT molecular complexity index is 465. The molecule has 3 nitrogen and oxygen atoms in total. The zero-order valence-electron chi connectivity index (χ0n) is 7.61. The van der Waals surface area contributed by atoms with E-state index in [2.05, 4.69) is 5.10 Å². The Morgan fingerprint density at radius 1 is 1.43 bits per heavy atom. The lowest BCUT2D eigenvalue weighted by molar-refractivity contribution is 0.432. The number of halogens is 1. The summed E-state index contributed by atoms with van der Waals surface area (Å²) in [6.07, 6.45) is 3.47. The third kappa shape index (κ3) is 1.46. The van der Waals surface area contributed by atoms with Gasteiger partial charge in [-0.25, -0.2) is 9.07 Å². The van der Waals surface area contributed by atoms with E-state index in [1.54, 1.807) is 23.1 Å². The number of aromatic hydroxyl groups is 1. The summed E-state index contributed by atoms with van der Waals surface area (Å²) < 4.78 is 14.5. The maximum absolute atomic E-state index is 13.0. The molecule has 72 valence electrons. The zero-order valence-corrected chi connectivity index (χ0v) is 7.61. The highest BCUT2D eigenvalue weighted by atomic mass is 19.1. The number of phenolic OH excluding ortho intramolecular Hbond substituents is 1. The fraction of sp³-hybridized carbons (Fsp3) is 0.100. The molecule has 0 spiro atoms. The van der Waals surface area contributed by atoms with E-state index in [4.69, 9.17) is 5.11 Å². The summed E-state index contributed by atoms with van der Waals surface area (Å²) in [5.41, 5.74) is 1.59. The van der Waals surface area contributed by atoms with Crippen LogP contribution in [0.3, 0.4) is 0 Å². The number of hydrogen-bond acceptors (Lipinski definition) is 2. The normalized spacial score (nSPS) is 10.4. The molecule has 1 aromatic heterocycles. The number of benzene rings is 1. The molecule has 2 aromatic rings. The van der Waals surface area contributed by atoms with Crippen molar-refractivity contribution in [2.45, 2.75) is 6.92 Å². The molecule has 0 fully saturated rings. The van der Waals surface area contributed by atoms with Crippen LogP contribution in [0, 0.1) is 12.7 Å². The van der Waals surface area contributed by atoms with E-state index in [-0.39, 0.29) is 5.75 Å². The predicted octanol–water partition coefficient (Wildman–Crippen LogP) is 2.03. The zero-order chi connectivity index (χ0) is 10.1. The molecule has 0 aliphatic rings. The molecular weight excluding hydrogens is 183 g/mol. The highest BCUT2D eigenvalue weighted by Gasteiger charge is 2.03. The maximum Gasteiger partial charge on any atom is 0.166 e. The average Bonchev–Trinajstić information content (AvgIpc) is 2.57. The van der Waals surface area contributed by atoms with Crippen LogP contribution in [0.15, 0.2) is 30.6 Å². The summed E-state index contributed by atoms with van der Waals surface area (Å²) in [6.45, 7) is 1.90. The van der Waals surface area contributed by atoms with E-state index in [9.17, 15) is 4.39 Å². The van der Waals surface area contributed by atoms with E-state index < -0.39 is 5.82 Å². The average molecular weight is 192 g/mol. The van der Waals surface area contributed by atoms with Crippen LogP contribution < -0.4 is 0 Å². The SMILES string of the molecule is Cc1cnn(-c2ccc(O)c(F)c2)c1. The summed E-state index contributed by atoms with van der Waals surface area (Å²) in [5.74, 6) is -0.992. The molecule has 0 bridgehead atoms. The molecule has 0 aliphatic carbocycles. The summed E-state index contributed by atoms with van der Waals surface area (Å²) in [6, 6.07) is 4.15. The summed E-state index contributed by atoms with van der Waals surface area (Å²) >= 11 is 0. The molecule has 0 unspecified atom stereocenters. The molecule has 0 atom stereocenters. The minimum absolute atomic E-state index is 0.349. The molecular formula is C10H9FN2O. The number of rotatable bonds is 1. The minimum atomic E-state index is -0.643. The van der Waals surface area contributed by atoms with Gasteiger partial charge in [0.25, 0.3) is 0 Å². The molecule has 4 heteroatoms. The van der Waals surface area contributed by atoms with Crippen molar-refractivity contribution < 1.29 is 9.50 Å². The van der Waals surface area contributed by atoms with Crippen molar-refractivity contribution in [2.24, 2.45) is 0 Å². The van der Waals surface area contributed by atoms with Crippen LogP contribution in [0.25, 0.3) is 5.69 Å². The van der Waals surface area contributed by atoms with Gasteiger partial charge < -0.3 is 5.11 Å². The molecule has 1 aromatic carbocycles. The molecule has 0 saturated heterocycles. The summed E-state index contributed by atoms with van der Waals surface area (Å²) in [7, 11) is 0. The molecule has 0 amide bonds. The van der Waals surface area contributed by atoms with Crippen molar-refractivity contribution in [3.63, 3.8) is 0 Å². The van der Waals surface area contributed by atoms with Gasteiger partial charge in [0.2, 0.25) is 0 Å². The van der Waals surface area contributed by atoms with E-state index >= 15 is 0 Å². The Labute approximate surface area is 80.4 Å². The molecule has 0 saturated carbocycles. The molecule has 1 heterocycles. The molecule has 0 aliphatic heterocycles. The van der Waals surface area contributed by atoms with Crippen molar-refractivity contribution in [1.82, 2.24) is 9.78 Å². The number of aromatic nitrogens is 2. The van der Waals surface area contributed by atoms with Gasteiger partial charge >= 0.3 is 0 Å². The van der Waals surface area contributed by atoms with Crippen molar-refractivity contribution in [3.8, 4) is 11.4 Å². The van der Waals surface area contributed by atoms with Crippen molar-refractivity contribution in [1.29, 1.82) is 0 Å². The topological polar surface area (TPSA) is 38.0 Å². The third-order valence-electron chi connectivity index (χ3n) is 1.91. The summed E-state index contributed by atoms with van der Waals surface area (Å²) in [4.78, 5) is 0. The predicted molar refractivity (Wildman–Crippen MR) is 49.9 cm³/mol. The van der Waals surface area contributed by atoms with Crippen LogP contribution in [0.1, 0.15) is 5.56 Å². The van der Waals surface area contributed by atoms with Crippen LogP contribution in [-0.2, 0) is 0 Å². The fourth-order valence-electron chi connectivity index (χ4n) is 1.19. The van der Waals surface area contributed by atoms with Gasteiger partial charge in [0.15, 0.2) is 11.6 Å². The van der Waals surface area contributed by atoms with Gasteiger partial charge in [-0.2, -0.15) is 5.10 Å². The monoisotopic (exact) mass is 192 g/mol.